The van der Waals surface area contributed by atoms with E-state index in [1.54, 1.807) is 0 Å². The van der Waals surface area contributed by atoms with Crippen molar-refractivity contribution in [1.29, 1.82) is 0 Å². The van der Waals surface area contributed by atoms with Gasteiger partial charge in [0.1, 0.15) is 0 Å². The first kappa shape index (κ1) is 17.3. The second kappa shape index (κ2) is 8.04. The van der Waals surface area contributed by atoms with Gasteiger partial charge in [-0.2, -0.15) is 0 Å². The lowest BCUT2D eigenvalue weighted by Gasteiger charge is -2.38. The number of urea groups is 1. The number of carbonyl (C=O) groups is 2. The highest BCUT2D eigenvalue weighted by Gasteiger charge is 2.30. The molecule has 2 aliphatic heterocycles. The number of nitrogens with zero attached hydrogens (tertiary/aromatic N) is 2. The summed E-state index contributed by atoms with van der Waals surface area (Å²) in [5.74, 6) is 1.34. The van der Waals surface area contributed by atoms with Crippen LogP contribution in [0.1, 0.15) is 58.3 Å². The van der Waals surface area contributed by atoms with Crippen LogP contribution in [-0.4, -0.2) is 47.9 Å². The minimum Gasteiger partial charge on any atom is -0.342 e. The zero-order valence-electron chi connectivity index (χ0n) is 14.9. The number of allylic oxidation sites excluding steroid dienone is 2. The minimum atomic E-state index is -0.0207. The molecule has 2 heterocycles. The Morgan fingerprint density at radius 2 is 1.96 bits per heavy atom. The van der Waals surface area contributed by atoms with Crippen molar-refractivity contribution in [1.82, 2.24) is 15.1 Å². The molecule has 2 fully saturated rings. The maximum absolute atomic E-state index is 12.5. The maximum Gasteiger partial charge on any atom is 0.321 e. The molecule has 1 N–H and O–H groups in total. The van der Waals surface area contributed by atoms with Crippen molar-refractivity contribution in [3.63, 3.8) is 0 Å². The van der Waals surface area contributed by atoms with Gasteiger partial charge in [0.15, 0.2) is 0 Å². The van der Waals surface area contributed by atoms with Crippen molar-refractivity contribution >= 4 is 11.9 Å². The Balaban J connectivity index is 1.45. The van der Waals surface area contributed by atoms with Crippen molar-refractivity contribution in [3.05, 3.63) is 11.8 Å². The molecule has 0 saturated carbocycles. The fourth-order valence-corrected chi connectivity index (χ4v) is 4.34. The van der Waals surface area contributed by atoms with Gasteiger partial charge in [-0.05, 0) is 56.8 Å². The monoisotopic (exact) mass is 333 g/mol. The third kappa shape index (κ3) is 4.11. The highest BCUT2D eigenvalue weighted by Crippen LogP contribution is 2.34. The van der Waals surface area contributed by atoms with Crippen LogP contribution in [0.2, 0.25) is 0 Å². The number of likely N-dealkylation sites (tertiary alicyclic amines) is 2. The summed E-state index contributed by atoms with van der Waals surface area (Å²) in [6.45, 7) is 5.19. The first-order chi connectivity index (χ1) is 11.6. The molecule has 3 rings (SSSR count). The van der Waals surface area contributed by atoms with Crippen molar-refractivity contribution in [3.8, 4) is 0 Å². The number of hydrogen-bond acceptors (Lipinski definition) is 2. The molecule has 0 aromatic carbocycles. The van der Waals surface area contributed by atoms with Crippen LogP contribution in [0.3, 0.4) is 0 Å². The van der Waals surface area contributed by atoms with E-state index < -0.39 is 0 Å². The molecule has 2 unspecified atom stereocenters. The van der Waals surface area contributed by atoms with E-state index in [-0.39, 0.29) is 11.9 Å². The zero-order chi connectivity index (χ0) is 16.9. The first-order valence-corrected chi connectivity index (χ1v) is 9.68. The molecule has 0 spiro atoms. The average molecular weight is 333 g/mol. The van der Waals surface area contributed by atoms with Crippen LogP contribution in [0.25, 0.3) is 0 Å². The van der Waals surface area contributed by atoms with Gasteiger partial charge in [-0.1, -0.05) is 13.0 Å². The standard InChI is InChI=1S/C19H31N3O2/c1-15-6-4-12-21(14-15)18(23)10-11-20-19(24)22-13-5-8-16-7-2-3-9-17(16)22/h9,15-16H,2-8,10-14H2,1H3,(H,20,24). The van der Waals surface area contributed by atoms with Gasteiger partial charge in [0.25, 0.3) is 0 Å². The number of piperidine rings is 2. The van der Waals surface area contributed by atoms with Gasteiger partial charge in [-0.15, -0.1) is 0 Å². The van der Waals surface area contributed by atoms with Gasteiger partial charge >= 0.3 is 6.03 Å². The lowest BCUT2D eigenvalue weighted by atomic mass is 9.85. The van der Waals surface area contributed by atoms with Gasteiger partial charge < -0.3 is 10.2 Å². The fraction of sp³-hybridized carbons (Fsp3) is 0.789. The van der Waals surface area contributed by atoms with Gasteiger partial charge in [0.05, 0.1) is 0 Å². The van der Waals surface area contributed by atoms with E-state index in [2.05, 4.69) is 18.3 Å². The highest BCUT2D eigenvalue weighted by molar-refractivity contribution is 5.79. The van der Waals surface area contributed by atoms with Crippen LogP contribution in [0, 0.1) is 11.8 Å². The topological polar surface area (TPSA) is 52.7 Å². The molecule has 2 saturated heterocycles. The van der Waals surface area contributed by atoms with Crippen molar-refractivity contribution in [2.45, 2.75) is 58.3 Å². The van der Waals surface area contributed by atoms with E-state index in [1.165, 1.54) is 31.4 Å². The molecule has 5 heteroatoms. The Morgan fingerprint density at radius 1 is 1.17 bits per heavy atom. The van der Waals surface area contributed by atoms with Gasteiger partial charge in [0.2, 0.25) is 5.91 Å². The van der Waals surface area contributed by atoms with Crippen LogP contribution in [-0.2, 0) is 4.79 Å². The molecule has 24 heavy (non-hydrogen) atoms. The van der Waals surface area contributed by atoms with E-state index in [0.717, 1.165) is 38.9 Å². The van der Waals surface area contributed by atoms with Gasteiger partial charge in [-0.25, -0.2) is 4.79 Å². The van der Waals surface area contributed by atoms with Crippen LogP contribution in [0.4, 0.5) is 4.79 Å². The normalized spacial score (nSPS) is 27.3. The van der Waals surface area contributed by atoms with Crippen LogP contribution in [0.15, 0.2) is 11.8 Å². The van der Waals surface area contributed by atoms with Crippen LogP contribution >= 0.6 is 0 Å². The minimum absolute atomic E-state index is 0.0207. The van der Waals surface area contributed by atoms with E-state index in [1.807, 2.05) is 9.80 Å². The predicted molar refractivity (Wildman–Crippen MR) is 94.4 cm³/mol. The van der Waals surface area contributed by atoms with E-state index in [9.17, 15) is 9.59 Å². The molecule has 3 amide bonds. The SMILES string of the molecule is CC1CCCN(C(=O)CCNC(=O)N2CCCC3CCCC=C32)C1. The smallest absolute Gasteiger partial charge is 0.321 e. The summed E-state index contributed by atoms with van der Waals surface area (Å²) in [7, 11) is 0. The Labute approximate surface area is 145 Å². The first-order valence-electron chi connectivity index (χ1n) is 9.68. The molecular formula is C19H31N3O2. The second-order valence-electron chi connectivity index (χ2n) is 7.62. The third-order valence-corrected chi connectivity index (χ3v) is 5.64. The largest absolute Gasteiger partial charge is 0.342 e. The summed E-state index contributed by atoms with van der Waals surface area (Å²) in [4.78, 5) is 28.7. The Morgan fingerprint density at radius 3 is 2.79 bits per heavy atom. The summed E-state index contributed by atoms with van der Waals surface area (Å²) in [5, 5.41) is 2.97. The molecule has 0 aromatic heterocycles. The number of hydrogen-bond donors (Lipinski definition) is 1. The van der Waals surface area contributed by atoms with Crippen LogP contribution in [0.5, 0.6) is 0 Å². The quantitative estimate of drug-likeness (QED) is 0.863. The average Bonchev–Trinajstić information content (AvgIpc) is 2.61. The summed E-state index contributed by atoms with van der Waals surface area (Å²) in [6, 6.07) is -0.0207. The number of rotatable bonds is 3. The number of fused-ring (bicyclic) bond motifs is 1. The second-order valence-corrected chi connectivity index (χ2v) is 7.62. The molecule has 3 aliphatic rings. The molecule has 0 bridgehead atoms. The molecular weight excluding hydrogens is 302 g/mol. The maximum atomic E-state index is 12.5. The Hall–Kier alpha value is -1.52. The molecule has 5 nitrogen and oxygen atoms in total. The molecule has 0 aromatic rings. The van der Waals surface area contributed by atoms with E-state index in [4.69, 9.17) is 0 Å². The number of carbonyl (C=O) groups excluding carboxylic acids is 2. The summed E-state index contributed by atoms with van der Waals surface area (Å²) in [6.07, 6.45) is 10.8. The zero-order valence-corrected chi connectivity index (χ0v) is 14.9. The lowest BCUT2D eigenvalue weighted by Crippen LogP contribution is -2.46. The molecule has 0 radical (unpaired) electrons. The predicted octanol–water partition coefficient (Wildman–Crippen LogP) is 3.12. The van der Waals surface area contributed by atoms with Crippen molar-refractivity contribution < 1.29 is 9.59 Å². The summed E-state index contributed by atoms with van der Waals surface area (Å²) < 4.78 is 0. The molecule has 1 aliphatic carbocycles. The summed E-state index contributed by atoms with van der Waals surface area (Å²) in [5.41, 5.74) is 1.22. The number of nitrogens with one attached hydrogen (secondary N) is 1. The lowest BCUT2D eigenvalue weighted by molar-refractivity contribution is -0.132. The summed E-state index contributed by atoms with van der Waals surface area (Å²) >= 11 is 0. The third-order valence-electron chi connectivity index (χ3n) is 5.64. The molecule has 2 atom stereocenters. The van der Waals surface area contributed by atoms with E-state index in [0.29, 0.717) is 24.8 Å². The highest BCUT2D eigenvalue weighted by atomic mass is 16.2. The van der Waals surface area contributed by atoms with Crippen molar-refractivity contribution in [2.24, 2.45) is 11.8 Å². The van der Waals surface area contributed by atoms with Gasteiger partial charge in [0, 0.05) is 38.3 Å². The van der Waals surface area contributed by atoms with Gasteiger partial charge in [-0.3, -0.25) is 9.69 Å². The van der Waals surface area contributed by atoms with Crippen molar-refractivity contribution in [2.75, 3.05) is 26.2 Å². The molecule has 134 valence electrons. The Bertz CT molecular complexity index is 503. The Kier molecular flexibility index (Phi) is 5.80. The van der Waals surface area contributed by atoms with E-state index >= 15 is 0 Å². The number of amides is 3. The van der Waals surface area contributed by atoms with Crippen LogP contribution < -0.4 is 5.32 Å². The fourth-order valence-electron chi connectivity index (χ4n) is 4.34.